The van der Waals surface area contributed by atoms with E-state index in [0.717, 1.165) is 0 Å². The molecular weight excluding hydrogens is 411 g/mol. The minimum absolute atomic E-state index is 0.0431. The molecule has 0 amide bonds. The van der Waals surface area contributed by atoms with Gasteiger partial charge in [-0.25, -0.2) is 9.37 Å². The number of azo groups is 1. The zero-order chi connectivity index (χ0) is 21.3. The molecule has 9 nitrogen and oxygen atoms in total. The van der Waals surface area contributed by atoms with E-state index in [0.29, 0.717) is 27.8 Å². The third-order valence-electron chi connectivity index (χ3n) is 4.17. The molecule has 0 saturated heterocycles. The van der Waals surface area contributed by atoms with Crippen LogP contribution in [0.2, 0.25) is 0 Å². The van der Waals surface area contributed by atoms with Crippen molar-refractivity contribution in [2.24, 2.45) is 10.2 Å². The molecule has 150 valence electrons. The lowest BCUT2D eigenvalue weighted by atomic mass is 10.1. The number of nitrogens with one attached hydrogen (secondary N) is 1. The van der Waals surface area contributed by atoms with Crippen molar-refractivity contribution in [3.8, 4) is 16.4 Å². The maximum absolute atomic E-state index is 13.0. The van der Waals surface area contributed by atoms with Crippen LogP contribution in [0.3, 0.4) is 0 Å². The first-order valence-electron chi connectivity index (χ1n) is 8.62. The van der Waals surface area contributed by atoms with E-state index in [4.69, 9.17) is 0 Å². The van der Waals surface area contributed by atoms with Crippen molar-refractivity contribution in [2.75, 3.05) is 0 Å². The SMILES string of the molecule is Cc1[nH]n(-c2nc(-c3cccc([N+](=O)[O-])c3)cs2)c(=O)c1N=Nc1ccc(F)cc1. The fourth-order valence-electron chi connectivity index (χ4n) is 2.68. The number of nitrogens with zero attached hydrogens (tertiary/aromatic N) is 5. The van der Waals surface area contributed by atoms with Gasteiger partial charge in [-0.05, 0) is 31.2 Å². The van der Waals surface area contributed by atoms with E-state index in [-0.39, 0.29) is 11.4 Å². The number of aromatic amines is 1. The summed E-state index contributed by atoms with van der Waals surface area (Å²) in [6, 6.07) is 11.5. The summed E-state index contributed by atoms with van der Waals surface area (Å²) < 4.78 is 14.2. The van der Waals surface area contributed by atoms with Crippen molar-refractivity contribution >= 4 is 28.4 Å². The van der Waals surface area contributed by atoms with Gasteiger partial charge in [-0.2, -0.15) is 9.80 Å². The number of H-pyrrole nitrogens is 1. The minimum Gasteiger partial charge on any atom is -0.291 e. The van der Waals surface area contributed by atoms with Gasteiger partial charge < -0.3 is 0 Å². The zero-order valence-electron chi connectivity index (χ0n) is 15.4. The molecule has 2 heterocycles. The maximum Gasteiger partial charge on any atom is 0.301 e. The molecular formula is C19H13FN6O3S. The molecule has 11 heteroatoms. The van der Waals surface area contributed by atoms with Gasteiger partial charge in [0.2, 0.25) is 5.13 Å². The molecule has 30 heavy (non-hydrogen) atoms. The standard InChI is InChI=1S/C19H13FN6O3S/c1-11-17(23-22-14-7-5-13(20)6-8-14)18(27)25(24-11)19-21-16(10-30-19)12-3-2-4-15(9-12)26(28)29/h2-10,24H,1H3. The summed E-state index contributed by atoms with van der Waals surface area (Å²) in [4.78, 5) is 27.7. The van der Waals surface area contributed by atoms with E-state index < -0.39 is 16.3 Å². The molecule has 0 spiro atoms. The molecule has 1 N–H and O–H groups in total. The number of hydrogen-bond acceptors (Lipinski definition) is 7. The van der Waals surface area contributed by atoms with Crippen molar-refractivity contribution in [1.29, 1.82) is 0 Å². The minimum atomic E-state index is -0.478. The Morgan fingerprint density at radius 2 is 1.97 bits per heavy atom. The van der Waals surface area contributed by atoms with Gasteiger partial charge >= 0.3 is 5.56 Å². The van der Waals surface area contributed by atoms with E-state index in [2.05, 4.69) is 20.3 Å². The summed E-state index contributed by atoms with van der Waals surface area (Å²) in [6.45, 7) is 1.67. The fourth-order valence-corrected chi connectivity index (χ4v) is 3.47. The highest BCUT2D eigenvalue weighted by Gasteiger charge is 2.16. The number of hydrogen-bond donors (Lipinski definition) is 1. The largest absolute Gasteiger partial charge is 0.301 e. The maximum atomic E-state index is 13.0. The van der Waals surface area contributed by atoms with Gasteiger partial charge in [0.25, 0.3) is 5.69 Å². The normalized spacial score (nSPS) is 11.3. The van der Waals surface area contributed by atoms with E-state index >= 15 is 0 Å². The molecule has 4 rings (SSSR count). The molecule has 0 atom stereocenters. The number of aryl methyl sites for hydroxylation is 1. The number of nitro groups is 1. The van der Waals surface area contributed by atoms with Crippen LogP contribution in [0.1, 0.15) is 5.69 Å². The van der Waals surface area contributed by atoms with Gasteiger partial charge in [-0.1, -0.05) is 12.1 Å². The van der Waals surface area contributed by atoms with Crippen molar-refractivity contribution in [1.82, 2.24) is 14.8 Å². The van der Waals surface area contributed by atoms with Crippen LogP contribution >= 0.6 is 11.3 Å². The molecule has 0 radical (unpaired) electrons. The van der Waals surface area contributed by atoms with Gasteiger partial charge in [-0.3, -0.25) is 20.0 Å². The lowest BCUT2D eigenvalue weighted by Gasteiger charge is -1.97. The van der Waals surface area contributed by atoms with Crippen molar-refractivity contribution in [3.05, 3.63) is 85.9 Å². The summed E-state index contributed by atoms with van der Waals surface area (Å²) in [7, 11) is 0. The molecule has 0 aliphatic rings. The van der Waals surface area contributed by atoms with Gasteiger partial charge in [0, 0.05) is 23.1 Å². The number of halogens is 1. The average Bonchev–Trinajstić information content (AvgIpc) is 3.33. The molecule has 0 fully saturated rings. The highest BCUT2D eigenvalue weighted by Crippen LogP contribution is 2.27. The van der Waals surface area contributed by atoms with Gasteiger partial charge in [0.15, 0.2) is 5.69 Å². The van der Waals surface area contributed by atoms with Crippen LogP contribution in [0.4, 0.5) is 21.5 Å². The van der Waals surface area contributed by atoms with Crippen LogP contribution in [0.25, 0.3) is 16.4 Å². The van der Waals surface area contributed by atoms with Gasteiger partial charge in [-0.15, -0.1) is 16.5 Å². The smallest absolute Gasteiger partial charge is 0.291 e. The topological polar surface area (TPSA) is 119 Å². The van der Waals surface area contributed by atoms with Crippen LogP contribution in [0.5, 0.6) is 0 Å². The molecule has 0 saturated carbocycles. The lowest BCUT2D eigenvalue weighted by molar-refractivity contribution is -0.384. The number of non-ortho nitro benzene ring substituents is 1. The zero-order valence-corrected chi connectivity index (χ0v) is 16.3. The van der Waals surface area contributed by atoms with Crippen molar-refractivity contribution in [2.45, 2.75) is 6.92 Å². The van der Waals surface area contributed by atoms with E-state index in [1.165, 1.54) is 52.4 Å². The summed E-state index contributed by atoms with van der Waals surface area (Å²) in [5, 5.41) is 23.9. The summed E-state index contributed by atoms with van der Waals surface area (Å²) in [5.41, 5.74) is 1.58. The van der Waals surface area contributed by atoms with E-state index in [1.54, 1.807) is 24.4 Å². The first-order valence-corrected chi connectivity index (χ1v) is 9.50. The molecule has 0 bridgehead atoms. The average molecular weight is 424 g/mol. The first-order chi connectivity index (χ1) is 14.4. The number of benzene rings is 2. The Hall–Kier alpha value is -3.99. The van der Waals surface area contributed by atoms with Crippen molar-refractivity contribution in [3.63, 3.8) is 0 Å². The Kier molecular flexibility index (Phi) is 5.02. The molecule has 4 aromatic rings. The predicted octanol–water partition coefficient (Wildman–Crippen LogP) is 5.06. The summed E-state index contributed by atoms with van der Waals surface area (Å²) in [6.07, 6.45) is 0. The van der Waals surface area contributed by atoms with Gasteiger partial charge in [0.05, 0.1) is 22.0 Å². The van der Waals surface area contributed by atoms with Crippen LogP contribution in [0, 0.1) is 22.9 Å². The molecule has 2 aromatic carbocycles. The summed E-state index contributed by atoms with van der Waals surface area (Å²) >= 11 is 1.20. The second-order valence-corrected chi connectivity index (χ2v) is 7.06. The van der Waals surface area contributed by atoms with E-state index in [9.17, 15) is 19.3 Å². The Morgan fingerprint density at radius 1 is 1.20 bits per heavy atom. The Labute approximate surface area is 172 Å². The van der Waals surface area contributed by atoms with Crippen LogP contribution in [0.15, 0.2) is 68.9 Å². The number of aromatic nitrogens is 3. The Bertz CT molecular complexity index is 1320. The molecule has 0 aliphatic heterocycles. The fraction of sp³-hybridized carbons (Fsp3) is 0.0526. The molecule has 2 aromatic heterocycles. The quantitative estimate of drug-likeness (QED) is 0.274. The molecule has 0 aliphatic carbocycles. The lowest BCUT2D eigenvalue weighted by Crippen LogP contribution is -2.13. The van der Waals surface area contributed by atoms with Crippen LogP contribution in [-0.2, 0) is 0 Å². The monoisotopic (exact) mass is 424 g/mol. The second-order valence-electron chi connectivity index (χ2n) is 6.23. The van der Waals surface area contributed by atoms with Crippen LogP contribution < -0.4 is 5.56 Å². The van der Waals surface area contributed by atoms with Crippen molar-refractivity contribution < 1.29 is 9.31 Å². The Balaban J connectivity index is 1.65. The second kappa shape index (κ2) is 7.79. The number of rotatable bonds is 5. The van der Waals surface area contributed by atoms with Crippen LogP contribution in [-0.4, -0.2) is 19.7 Å². The number of nitro benzene ring substituents is 1. The first kappa shape index (κ1) is 19.3. The third kappa shape index (κ3) is 3.78. The third-order valence-corrected chi connectivity index (χ3v) is 4.99. The highest BCUT2D eigenvalue weighted by atomic mass is 32.1. The predicted molar refractivity (Wildman–Crippen MR) is 109 cm³/mol. The molecule has 0 unspecified atom stereocenters. The highest BCUT2D eigenvalue weighted by molar-refractivity contribution is 7.12. The summed E-state index contributed by atoms with van der Waals surface area (Å²) in [5.74, 6) is -0.391. The van der Waals surface area contributed by atoms with E-state index in [1.807, 2.05) is 0 Å². The number of thiazole rings is 1. The van der Waals surface area contributed by atoms with Gasteiger partial charge in [0.1, 0.15) is 5.82 Å². The Morgan fingerprint density at radius 3 is 2.70 bits per heavy atom.